The highest BCUT2D eigenvalue weighted by Crippen LogP contribution is 2.39. The minimum Gasteiger partial charge on any atom is -0.314 e. The number of hydrogen-bond acceptors (Lipinski definition) is 2. The Labute approximate surface area is 132 Å². The first-order valence-corrected chi connectivity index (χ1v) is 7.21. The van der Waals surface area contributed by atoms with Crippen LogP contribution in [0.3, 0.4) is 0 Å². The van der Waals surface area contributed by atoms with Gasteiger partial charge in [0.05, 0.1) is 0 Å². The molecule has 0 aliphatic carbocycles. The van der Waals surface area contributed by atoms with Gasteiger partial charge >= 0.3 is 0 Å². The zero-order valence-electron chi connectivity index (χ0n) is 13.2. The lowest BCUT2D eigenvalue weighted by molar-refractivity contribution is 0.0828. The van der Waals surface area contributed by atoms with E-state index in [4.69, 9.17) is 0 Å². The summed E-state index contributed by atoms with van der Waals surface area (Å²) in [6.45, 7) is 11.3. The van der Waals surface area contributed by atoms with Crippen molar-refractivity contribution < 1.29 is 8.78 Å². The molecule has 0 radical (unpaired) electrons. The quantitative estimate of drug-likeness (QED) is 0.894. The lowest BCUT2D eigenvalue weighted by Crippen LogP contribution is -2.48. The molecule has 1 aromatic rings. The third-order valence-corrected chi connectivity index (χ3v) is 3.94. The van der Waals surface area contributed by atoms with Gasteiger partial charge in [0.25, 0.3) is 0 Å². The third kappa shape index (κ3) is 3.93. The van der Waals surface area contributed by atoms with Crippen molar-refractivity contribution in [2.45, 2.75) is 33.7 Å². The van der Waals surface area contributed by atoms with Crippen molar-refractivity contribution in [1.82, 2.24) is 10.2 Å². The minimum absolute atomic E-state index is 0. The highest BCUT2D eigenvalue weighted by atomic mass is 35.5. The molecular weight excluding hydrogens is 294 g/mol. The molecule has 0 aromatic heterocycles. The summed E-state index contributed by atoms with van der Waals surface area (Å²) in [5.41, 5.74) is 0.682. The number of halogens is 3. The monoisotopic (exact) mass is 318 g/mol. The number of rotatable bonds is 2. The van der Waals surface area contributed by atoms with Crippen molar-refractivity contribution >= 4 is 12.4 Å². The number of nitrogens with one attached hydrogen (secondary N) is 1. The molecule has 0 amide bonds. The van der Waals surface area contributed by atoms with Crippen LogP contribution in [0, 0.1) is 24.0 Å². The van der Waals surface area contributed by atoms with Gasteiger partial charge in [-0.1, -0.05) is 32.9 Å². The molecule has 1 N–H and O–H groups in total. The van der Waals surface area contributed by atoms with Crippen molar-refractivity contribution in [3.05, 3.63) is 34.9 Å². The summed E-state index contributed by atoms with van der Waals surface area (Å²) in [6.07, 6.45) is 0. The molecule has 1 aliphatic rings. The van der Waals surface area contributed by atoms with Crippen LogP contribution in [0.15, 0.2) is 12.1 Å². The minimum atomic E-state index is -0.716. The van der Waals surface area contributed by atoms with Crippen LogP contribution in [-0.2, 0) is 0 Å². The second kappa shape index (κ2) is 7.03. The fourth-order valence-corrected chi connectivity index (χ4v) is 3.02. The smallest absolute Gasteiger partial charge is 0.163 e. The molecule has 1 aliphatic heterocycles. The summed E-state index contributed by atoms with van der Waals surface area (Å²) in [6, 6.07) is 3.31. The molecule has 120 valence electrons. The zero-order valence-corrected chi connectivity index (χ0v) is 14.0. The summed E-state index contributed by atoms with van der Waals surface area (Å²) in [5.74, 6) is -1.41. The summed E-state index contributed by atoms with van der Waals surface area (Å²) in [5, 5.41) is 3.30. The molecule has 5 heteroatoms. The predicted octanol–water partition coefficient (Wildman–Crippen LogP) is 3.69. The molecule has 1 saturated heterocycles. The van der Waals surface area contributed by atoms with E-state index < -0.39 is 11.6 Å². The molecule has 2 nitrogen and oxygen atoms in total. The maximum Gasteiger partial charge on any atom is 0.163 e. The lowest BCUT2D eigenvalue weighted by Gasteiger charge is -2.42. The lowest BCUT2D eigenvalue weighted by atomic mass is 9.80. The fourth-order valence-electron chi connectivity index (χ4n) is 3.02. The molecule has 1 heterocycles. The highest BCUT2D eigenvalue weighted by molar-refractivity contribution is 5.85. The number of hydrogen-bond donors (Lipinski definition) is 1. The molecular formula is C16H25ClF2N2. The van der Waals surface area contributed by atoms with Gasteiger partial charge in [-0.25, -0.2) is 8.78 Å². The van der Waals surface area contributed by atoms with E-state index in [0.717, 1.165) is 26.2 Å². The van der Waals surface area contributed by atoms with E-state index in [2.05, 4.69) is 31.0 Å². The number of piperazine rings is 1. The van der Waals surface area contributed by atoms with Gasteiger partial charge in [0, 0.05) is 37.8 Å². The van der Waals surface area contributed by atoms with Gasteiger partial charge in [0.15, 0.2) is 11.6 Å². The Balaban J connectivity index is 0.00000220. The number of benzene rings is 1. The van der Waals surface area contributed by atoms with Crippen LogP contribution < -0.4 is 5.32 Å². The van der Waals surface area contributed by atoms with Gasteiger partial charge in [0.2, 0.25) is 0 Å². The average molecular weight is 319 g/mol. The van der Waals surface area contributed by atoms with Crippen LogP contribution in [0.1, 0.15) is 37.9 Å². The SMILES string of the molecule is Cc1ccc([C@H](N2CCNCC2)C(C)(C)C)c(F)c1F.Cl. The number of nitrogens with zero attached hydrogens (tertiary/aromatic N) is 1. The van der Waals surface area contributed by atoms with E-state index >= 15 is 0 Å². The van der Waals surface area contributed by atoms with E-state index in [9.17, 15) is 8.78 Å². The Hall–Kier alpha value is -0.710. The van der Waals surface area contributed by atoms with Crippen LogP contribution >= 0.6 is 12.4 Å². The molecule has 2 rings (SSSR count). The van der Waals surface area contributed by atoms with Gasteiger partial charge in [-0.3, -0.25) is 4.90 Å². The Morgan fingerprint density at radius 2 is 1.67 bits per heavy atom. The first kappa shape index (κ1) is 18.3. The molecule has 0 bridgehead atoms. The molecule has 21 heavy (non-hydrogen) atoms. The van der Waals surface area contributed by atoms with E-state index in [1.54, 1.807) is 19.1 Å². The van der Waals surface area contributed by atoms with Gasteiger partial charge in [-0.05, 0) is 17.9 Å². The van der Waals surface area contributed by atoms with Gasteiger partial charge in [-0.15, -0.1) is 12.4 Å². The Morgan fingerprint density at radius 3 is 2.19 bits per heavy atom. The summed E-state index contributed by atoms with van der Waals surface area (Å²) in [7, 11) is 0. The highest BCUT2D eigenvalue weighted by Gasteiger charge is 2.35. The van der Waals surface area contributed by atoms with Gasteiger partial charge in [0.1, 0.15) is 0 Å². The van der Waals surface area contributed by atoms with E-state index in [0.29, 0.717) is 11.1 Å². The standard InChI is InChI=1S/C16H24F2N2.ClH/c1-11-5-6-12(14(18)13(11)17)15(16(2,3)4)20-9-7-19-8-10-20;/h5-6,15,19H,7-10H2,1-4H3;1H/t15-;/m0./s1. The van der Waals surface area contributed by atoms with Crippen molar-refractivity contribution in [2.75, 3.05) is 26.2 Å². The average Bonchev–Trinajstić information content (AvgIpc) is 2.39. The number of aryl methyl sites for hydroxylation is 1. The maximum atomic E-state index is 14.4. The van der Waals surface area contributed by atoms with Gasteiger partial charge < -0.3 is 5.32 Å². The normalized spacial score (nSPS) is 18.2. The van der Waals surface area contributed by atoms with Crippen molar-refractivity contribution in [3.8, 4) is 0 Å². The molecule has 0 saturated carbocycles. The fraction of sp³-hybridized carbons (Fsp3) is 0.625. The van der Waals surface area contributed by atoms with Crippen molar-refractivity contribution in [3.63, 3.8) is 0 Å². The Kier molecular flexibility index (Phi) is 6.14. The van der Waals surface area contributed by atoms with E-state index in [-0.39, 0.29) is 23.9 Å². The van der Waals surface area contributed by atoms with Crippen LogP contribution in [-0.4, -0.2) is 31.1 Å². The van der Waals surface area contributed by atoms with Crippen LogP contribution in [0.2, 0.25) is 0 Å². The maximum absolute atomic E-state index is 14.4. The third-order valence-electron chi connectivity index (χ3n) is 3.94. The molecule has 0 unspecified atom stereocenters. The van der Waals surface area contributed by atoms with E-state index in [1.807, 2.05) is 0 Å². The molecule has 1 fully saturated rings. The summed E-state index contributed by atoms with van der Waals surface area (Å²) >= 11 is 0. The second-order valence-corrected chi connectivity index (χ2v) is 6.65. The zero-order chi connectivity index (χ0) is 14.9. The first-order chi connectivity index (χ1) is 9.32. The second-order valence-electron chi connectivity index (χ2n) is 6.65. The molecule has 1 atom stereocenters. The first-order valence-electron chi connectivity index (χ1n) is 7.21. The van der Waals surface area contributed by atoms with E-state index in [1.165, 1.54) is 0 Å². The van der Waals surface area contributed by atoms with Crippen LogP contribution in [0.25, 0.3) is 0 Å². The largest absolute Gasteiger partial charge is 0.314 e. The topological polar surface area (TPSA) is 15.3 Å². The summed E-state index contributed by atoms with van der Waals surface area (Å²) in [4.78, 5) is 2.25. The van der Waals surface area contributed by atoms with Crippen molar-refractivity contribution in [2.24, 2.45) is 5.41 Å². The van der Waals surface area contributed by atoms with Crippen molar-refractivity contribution in [1.29, 1.82) is 0 Å². The Morgan fingerprint density at radius 1 is 1.10 bits per heavy atom. The molecule has 1 aromatic carbocycles. The molecule has 0 spiro atoms. The summed E-state index contributed by atoms with van der Waals surface area (Å²) < 4.78 is 28.3. The van der Waals surface area contributed by atoms with Crippen LogP contribution in [0.4, 0.5) is 8.78 Å². The van der Waals surface area contributed by atoms with Gasteiger partial charge in [-0.2, -0.15) is 0 Å². The predicted molar refractivity (Wildman–Crippen MR) is 85.0 cm³/mol. The van der Waals surface area contributed by atoms with Crippen LogP contribution in [0.5, 0.6) is 0 Å². The Bertz CT molecular complexity index is 480.